The molecule has 2 nitrogen and oxygen atoms in total. The van der Waals surface area contributed by atoms with Gasteiger partial charge in [0.15, 0.2) is 0 Å². The Morgan fingerprint density at radius 2 is 2.00 bits per heavy atom. The largest absolute Gasteiger partial charge is 0.322 e. The second-order valence-corrected chi connectivity index (χ2v) is 4.89. The molecular weight excluding hydrogens is 275 g/mol. The van der Waals surface area contributed by atoms with E-state index in [9.17, 15) is 0 Å². The van der Waals surface area contributed by atoms with Crippen LogP contribution in [0.5, 0.6) is 0 Å². The summed E-state index contributed by atoms with van der Waals surface area (Å²) in [4.78, 5) is 4.35. The average molecular weight is 292 g/mol. The monoisotopic (exact) mass is 290 g/mol. The molecule has 0 bridgehead atoms. The first-order chi connectivity index (χ1) is 6.77. The summed E-state index contributed by atoms with van der Waals surface area (Å²) in [5.74, 6) is 0.642. The number of hydrogen-bond acceptors (Lipinski definition) is 2. The lowest BCUT2D eigenvalue weighted by Crippen LogP contribution is -2.20. The molecule has 0 aromatic carbocycles. The third kappa shape index (κ3) is 3.16. The highest BCUT2D eigenvalue weighted by molar-refractivity contribution is 9.10. The van der Waals surface area contributed by atoms with Crippen molar-refractivity contribution in [2.24, 2.45) is 11.7 Å². The van der Waals surface area contributed by atoms with Crippen molar-refractivity contribution in [1.29, 1.82) is 0 Å². The van der Waals surface area contributed by atoms with Crippen LogP contribution in [-0.4, -0.2) is 4.98 Å². The van der Waals surface area contributed by atoms with E-state index in [1.54, 1.807) is 0 Å². The van der Waals surface area contributed by atoms with Gasteiger partial charge < -0.3 is 5.73 Å². The fourth-order valence-electron chi connectivity index (χ4n) is 2.14. The zero-order chi connectivity index (χ0) is 9.97. The molecule has 1 aliphatic carbocycles. The quantitative estimate of drug-likeness (QED) is 0.906. The smallest absolute Gasteiger partial charge is 0.0574 e. The third-order valence-electron chi connectivity index (χ3n) is 3.00. The minimum atomic E-state index is 0. The second-order valence-electron chi connectivity index (χ2n) is 3.97. The van der Waals surface area contributed by atoms with Gasteiger partial charge in [0.1, 0.15) is 0 Å². The molecule has 1 aromatic heterocycles. The van der Waals surface area contributed by atoms with Crippen LogP contribution in [0.4, 0.5) is 0 Å². The Bertz CT molecular complexity index is 296. The van der Waals surface area contributed by atoms with Gasteiger partial charge in [0, 0.05) is 16.7 Å². The van der Waals surface area contributed by atoms with Crippen LogP contribution in [0, 0.1) is 5.92 Å². The molecule has 0 amide bonds. The maximum atomic E-state index is 6.17. The van der Waals surface area contributed by atoms with Crippen molar-refractivity contribution in [1.82, 2.24) is 4.98 Å². The van der Waals surface area contributed by atoms with Crippen LogP contribution in [0.3, 0.4) is 0 Å². The Hall–Kier alpha value is -0.120. The lowest BCUT2D eigenvalue weighted by Gasteiger charge is -2.17. The summed E-state index contributed by atoms with van der Waals surface area (Å²) >= 11 is 3.37. The van der Waals surface area contributed by atoms with Crippen LogP contribution in [0.25, 0.3) is 0 Å². The summed E-state index contributed by atoms with van der Waals surface area (Å²) in [5, 5.41) is 0. The third-order valence-corrected chi connectivity index (χ3v) is 3.47. The maximum absolute atomic E-state index is 6.17. The summed E-state index contributed by atoms with van der Waals surface area (Å²) in [6.45, 7) is 0. The first-order valence-corrected chi connectivity index (χ1v) is 5.93. The average Bonchev–Trinajstić information content (AvgIpc) is 2.71. The molecule has 2 rings (SSSR count). The van der Waals surface area contributed by atoms with E-state index < -0.39 is 0 Å². The number of nitrogens with two attached hydrogens (primary N) is 1. The van der Waals surface area contributed by atoms with Gasteiger partial charge in [-0.25, -0.2) is 0 Å². The molecule has 1 heterocycles. The predicted octanol–water partition coefficient (Wildman–Crippen LogP) is 3.46. The van der Waals surface area contributed by atoms with Crippen LogP contribution in [0.2, 0.25) is 0 Å². The fraction of sp³-hybridized carbons (Fsp3) is 0.545. The van der Waals surface area contributed by atoms with E-state index in [1.807, 2.05) is 18.3 Å². The Morgan fingerprint density at radius 1 is 1.33 bits per heavy atom. The molecule has 1 saturated carbocycles. The van der Waals surface area contributed by atoms with E-state index in [0.29, 0.717) is 5.92 Å². The Labute approximate surface area is 105 Å². The molecule has 0 radical (unpaired) electrons. The number of halogens is 2. The molecule has 2 N–H and O–H groups in total. The van der Waals surface area contributed by atoms with Crippen molar-refractivity contribution in [3.63, 3.8) is 0 Å². The van der Waals surface area contributed by atoms with Gasteiger partial charge in [-0.1, -0.05) is 12.8 Å². The summed E-state index contributed by atoms with van der Waals surface area (Å²) in [6, 6.07) is 4.16. The topological polar surface area (TPSA) is 38.9 Å². The van der Waals surface area contributed by atoms with E-state index in [0.717, 1.165) is 10.2 Å². The standard InChI is InChI=1S/C11H15BrN2.ClH/c12-9-5-6-10(14-7-9)11(13)8-3-1-2-4-8;/h5-8,11H,1-4,13H2;1H/t11-;/m1./s1. The van der Waals surface area contributed by atoms with Gasteiger partial charge in [0.2, 0.25) is 0 Å². The highest BCUT2D eigenvalue weighted by atomic mass is 79.9. The molecule has 84 valence electrons. The SMILES string of the molecule is Cl.N[C@@H](c1ccc(Br)cn1)C1CCCC1. The van der Waals surface area contributed by atoms with Gasteiger partial charge in [-0.05, 0) is 46.8 Å². The van der Waals surface area contributed by atoms with Crippen LogP contribution < -0.4 is 5.73 Å². The zero-order valence-electron chi connectivity index (χ0n) is 8.53. The van der Waals surface area contributed by atoms with Crippen molar-refractivity contribution in [3.05, 3.63) is 28.5 Å². The number of pyridine rings is 1. The predicted molar refractivity (Wildman–Crippen MR) is 68.1 cm³/mol. The zero-order valence-corrected chi connectivity index (χ0v) is 10.9. The molecule has 1 aromatic rings. The van der Waals surface area contributed by atoms with Crippen LogP contribution in [-0.2, 0) is 0 Å². The van der Waals surface area contributed by atoms with Gasteiger partial charge in [-0.3, -0.25) is 4.98 Å². The maximum Gasteiger partial charge on any atom is 0.0574 e. The minimum absolute atomic E-state index is 0. The fourth-order valence-corrected chi connectivity index (χ4v) is 2.38. The van der Waals surface area contributed by atoms with Crippen molar-refractivity contribution >= 4 is 28.3 Å². The molecule has 0 unspecified atom stereocenters. The van der Waals surface area contributed by atoms with Crippen LogP contribution >= 0.6 is 28.3 Å². The Morgan fingerprint density at radius 3 is 2.53 bits per heavy atom. The van der Waals surface area contributed by atoms with Crippen LogP contribution in [0.15, 0.2) is 22.8 Å². The Balaban J connectivity index is 0.00000112. The lowest BCUT2D eigenvalue weighted by atomic mass is 9.96. The molecule has 0 spiro atoms. The van der Waals surface area contributed by atoms with E-state index in [2.05, 4.69) is 20.9 Å². The van der Waals surface area contributed by atoms with Gasteiger partial charge in [0.05, 0.1) is 5.69 Å². The normalized spacial score (nSPS) is 18.5. The number of hydrogen-bond donors (Lipinski definition) is 1. The number of rotatable bonds is 2. The highest BCUT2D eigenvalue weighted by Gasteiger charge is 2.23. The second kappa shape index (κ2) is 5.83. The van der Waals surface area contributed by atoms with Gasteiger partial charge in [-0.15, -0.1) is 12.4 Å². The molecule has 0 aliphatic heterocycles. The van der Waals surface area contributed by atoms with E-state index in [1.165, 1.54) is 25.7 Å². The molecule has 15 heavy (non-hydrogen) atoms. The summed E-state index contributed by atoms with van der Waals surface area (Å²) in [6.07, 6.45) is 7.01. The van der Waals surface area contributed by atoms with Crippen molar-refractivity contribution in [2.45, 2.75) is 31.7 Å². The van der Waals surface area contributed by atoms with E-state index >= 15 is 0 Å². The molecule has 1 fully saturated rings. The van der Waals surface area contributed by atoms with E-state index in [4.69, 9.17) is 5.73 Å². The summed E-state index contributed by atoms with van der Waals surface area (Å²) < 4.78 is 1.01. The minimum Gasteiger partial charge on any atom is -0.322 e. The molecule has 1 atom stereocenters. The number of nitrogens with zero attached hydrogens (tertiary/aromatic N) is 1. The number of aromatic nitrogens is 1. The summed E-state index contributed by atoms with van der Waals surface area (Å²) in [7, 11) is 0. The van der Waals surface area contributed by atoms with Gasteiger partial charge in [0.25, 0.3) is 0 Å². The highest BCUT2D eigenvalue weighted by Crippen LogP contribution is 2.33. The lowest BCUT2D eigenvalue weighted by molar-refractivity contribution is 0.437. The molecule has 1 aliphatic rings. The van der Waals surface area contributed by atoms with Crippen molar-refractivity contribution in [2.75, 3.05) is 0 Å². The Kier molecular flexibility index (Phi) is 5.03. The molecular formula is C11H16BrClN2. The van der Waals surface area contributed by atoms with E-state index in [-0.39, 0.29) is 18.4 Å². The molecule has 4 heteroatoms. The van der Waals surface area contributed by atoms with Crippen molar-refractivity contribution < 1.29 is 0 Å². The first kappa shape index (κ1) is 12.9. The van der Waals surface area contributed by atoms with Gasteiger partial charge >= 0.3 is 0 Å². The van der Waals surface area contributed by atoms with Gasteiger partial charge in [-0.2, -0.15) is 0 Å². The summed E-state index contributed by atoms with van der Waals surface area (Å²) in [5.41, 5.74) is 7.20. The molecule has 0 saturated heterocycles. The van der Waals surface area contributed by atoms with Crippen molar-refractivity contribution in [3.8, 4) is 0 Å². The first-order valence-electron chi connectivity index (χ1n) is 5.14. The van der Waals surface area contributed by atoms with Crippen LogP contribution in [0.1, 0.15) is 37.4 Å².